The molecule has 0 heterocycles. The largest absolute Gasteiger partial charge is 0.427 e. The monoisotopic (exact) mass is 726 g/mol. The second-order valence-electron chi connectivity index (χ2n) is 6.68. The molecule has 0 spiro atoms. The van der Waals surface area contributed by atoms with Crippen molar-refractivity contribution in [3.8, 4) is 0 Å². The topological polar surface area (TPSA) is 325 Å². The van der Waals surface area contributed by atoms with E-state index in [4.69, 9.17) is 39.4 Å². The van der Waals surface area contributed by atoms with E-state index < -0.39 is 75.7 Å². The summed E-state index contributed by atoms with van der Waals surface area (Å²) in [4.78, 5) is 65.9. The Morgan fingerprint density at radius 2 is 0.824 bits per heavy atom. The van der Waals surface area contributed by atoms with Gasteiger partial charge in [0.1, 0.15) is 69.3 Å². The highest BCUT2D eigenvalue weighted by molar-refractivity contribution is 6.07. The Morgan fingerprint density at radius 3 is 0.882 bits per heavy atom. The Kier molecular flexibility index (Phi) is 21.7. The van der Waals surface area contributed by atoms with Gasteiger partial charge in [-0.2, -0.15) is 0 Å². The van der Waals surface area contributed by atoms with E-state index in [1.54, 1.807) is 0 Å². The lowest BCUT2D eigenvalue weighted by molar-refractivity contribution is -2.00. The first-order valence-corrected chi connectivity index (χ1v) is 14.5. The van der Waals surface area contributed by atoms with Gasteiger partial charge in [0.2, 0.25) is 0 Å². The van der Waals surface area contributed by atoms with Gasteiger partial charge in [-0.25, -0.2) is 0 Å². The van der Waals surface area contributed by atoms with Crippen LogP contribution in [-0.2, 0) is 28.8 Å². The Morgan fingerprint density at radius 1 is 0.647 bits per heavy atom. The summed E-state index contributed by atoms with van der Waals surface area (Å²) in [6.07, 6.45) is -2.43. The van der Waals surface area contributed by atoms with E-state index in [9.17, 15) is 28.8 Å². The van der Waals surface area contributed by atoms with Gasteiger partial charge < -0.3 is 54.4 Å². The van der Waals surface area contributed by atoms with Crippen molar-refractivity contribution in [2.45, 2.75) is 46.0 Å². The molecule has 18 heteroatoms. The minimum absolute atomic E-state index is 0.00833. The van der Waals surface area contributed by atoms with Crippen molar-refractivity contribution in [3.63, 3.8) is 0 Å². The molecular formula is C16H24I2O16-2. The highest BCUT2D eigenvalue weighted by Gasteiger charge is 2.60. The molecular weight excluding hydrogens is 702 g/mol. The molecule has 0 aromatic heterocycles. The molecule has 0 rings (SSSR count). The number of aldehydes is 6. The van der Waals surface area contributed by atoms with Crippen LogP contribution in [0.3, 0.4) is 0 Å². The molecule has 0 aliphatic heterocycles. The van der Waals surface area contributed by atoms with Gasteiger partial charge in [0, 0.05) is 0 Å². The number of hydrogen-bond donors (Lipinski definition) is 3. The number of aliphatic hydroxyl groups is 3. The maximum atomic E-state index is 11.1. The standard InChI is InChI=1S/C11H12O6.C5H12O3.IO4.IO3/c1-9(3-12,4-13)11(7-16,8-17)10(2,5-14)6-15;1-3(6)5(8)4(2)7;2-1(3,4)5;2-1(3)4/h3-8H,1-2H3;3-8H,1-2H3;;/q;;2*-1. The lowest BCUT2D eigenvalue weighted by Gasteiger charge is -2.40. The highest BCUT2D eigenvalue weighted by atomic mass is 127. The highest BCUT2D eigenvalue weighted by Crippen LogP contribution is 2.45. The molecule has 0 saturated heterocycles. The van der Waals surface area contributed by atoms with E-state index in [-0.39, 0.29) is 37.7 Å². The zero-order valence-electron chi connectivity index (χ0n) is 18.1. The fourth-order valence-corrected chi connectivity index (χ4v) is 1.96. The summed E-state index contributed by atoms with van der Waals surface area (Å²) in [5.41, 5.74) is -6.49. The van der Waals surface area contributed by atoms with Gasteiger partial charge in [0.05, 0.1) is 23.0 Å². The Labute approximate surface area is 208 Å². The van der Waals surface area contributed by atoms with Crippen LogP contribution >= 0.6 is 0 Å². The quantitative estimate of drug-likeness (QED) is 0.107. The van der Waals surface area contributed by atoms with E-state index in [1.165, 1.54) is 13.8 Å². The number of halogens is 2. The third-order valence-corrected chi connectivity index (χ3v) is 4.12. The van der Waals surface area contributed by atoms with Crippen LogP contribution in [0, 0.1) is 16.2 Å². The molecule has 0 radical (unpaired) electrons. The Balaban J connectivity index is -0.000000217. The fourth-order valence-electron chi connectivity index (χ4n) is 1.96. The van der Waals surface area contributed by atoms with E-state index in [1.807, 2.05) is 0 Å². The first-order chi connectivity index (χ1) is 15.1. The number of rotatable bonds is 10. The van der Waals surface area contributed by atoms with Crippen molar-refractivity contribution >= 4 is 37.7 Å². The van der Waals surface area contributed by atoms with E-state index in [2.05, 4.69) is 0 Å². The molecule has 16 nitrogen and oxygen atoms in total. The van der Waals surface area contributed by atoms with Crippen LogP contribution in [0.1, 0.15) is 27.7 Å². The van der Waals surface area contributed by atoms with Gasteiger partial charge >= 0.3 is 0 Å². The molecule has 2 atom stereocenters. The summed E-state index contributed by atoms with van der Waals surface area (Å²) >= 11 is -9.95. The molecule has 0 aromatic carbocycles. The molecule has 2 unspecified atom stereocenters. The average Bonchev–Trinajstić information content (AvgIpc) is 2.72. The molecule has 3 N–H and O–H groups in total. The molecule has 200 valence electrons. The molecule has 34 heavy (non-hydrogen) atoms. The minimum Gasteiger partial charge on any atom is -0.427 e. The van der Waals surface area contributed by atoms with Crippen molar-refractivity contribution in [1.29, 1.82) is 0 Å². The Bertz CT molecular complexity index is 562. The van der Waals surface area contributed by atoms with Gasteiger partial charge in [-0.3, -0.25) is 13.7 Å². The van der Waals surface area contributed by atoms with Crippen LogP contribution in [0.4, 0.5) is 0 Å². The first-order valence-electron chi connectivity index (χ1n) is 8.32. The summed E-state index contributed by atoms with van der Waals surface area (Å²) in [6.45, 7) is 4.89. The van der Waals surface area contributed by atoms with Gasteiger partial charge in [-0.1, -0.05) is 0 Å². The first kappa shape index (κ1) is 40.3. The van der Waals surface area contributed by atoms with Crippen LogP contribution in [0.5, 0.6) is 0 Å². The van der Waals surface area contributed by atoms with Crippen molar-refractivity contribution < 1.29 is 109 Å². The summed E-state index contributed by atoms with van der Waals surface area (Å²) in [6, 6.07) is 0. The third kappa shape index (κ3) is 15.2. The molecule has 0 amide bonds. The smallest absolute Gasteiger partial charge is 0.282 e. The van der Waals surface area contributed by atoms with Gasteiger partial charge in [-0.15, -0.1) is 0 Å². The number of hydrogen-bond acceptors (Lipinski definition) is 16. The third-order valence-electron chi connectivity index (χ3n) is 4.12. The SMILES string of the molecule is CC(C=O)(C=O)C(C=O)(C=O)C(C)(C=O)C=O.CC(O)C(O)C(C)O.[O-][I+2]([O-])[O-].[O-][I+3]([O-])([O-])[O-]. The maximum Gasteiger partial charge on any atom is 0.282 e. The second kappa shape index (κ2) is 18.4. The second-order valence-corrected chi connectivity index (χ2v) is 9.92. The van der Waals surface area contributed by atoms with E-state index in [0.717, 1.165) is 13.8 Å². The number of aliphatic hydroxyl groups excluding tert-OH is 3. The van der Waals surface area contributed by atoms with Crippen molar-refractivity contribution in [1.82, 2.24) is 0 Å². The summed E-state index contributed by atoms with van der Waals surface area (Å²) < 4.78 is 60.2. The van der Waals surface area contributed by atoms with Crippen LogP contribution in [0.15, 0.2) is 0 Å². The van der Waals surface area contributed by atoms with E-state index in [0.29, 0.717) is 0 Å². The molecule has 0 aromatic rings. The van der Waals surface area contributed by atoms with Crippen molar-refractivity contribution in [2.24, 2.45) is 16.2 Å². The molecule has 0 fully saturated rings. The molecule has 0 aliphatic rings. The van der Waals surface area contributed by atoms with Crippen LogP contribution in [-0.4, -0.2) is 71.3 Å². The summed E-state index contributed by atoms with van der Waals surface area (Å²) in [7, 11) is 0. The van der Waals surface area contributed by atoms with Crippen molar-refractivity contribution in [3.05, 3.63) is 0 Å². The van der Waals surface area contributed by atoms with Gasteiger partial charge in [0.25, 0.3) is 21.1 Å². The Hall–Kier alpha value is -0.920. The minimum atomic E-state index is -5.94. The molecule has 0 saturated carbocycles. The lowest BCUT2D eigenvalue weighted by Crippen LogP contribution is -4.29. The van der Waals surface area contributed by atoms with Crippen LogP contribution in [0.2, 0.25) is 0 Å². The number of carbonyl (C=O) groups excluding carboxylic acids is 6. The van der Waals surface area contributed by atoms with Gasteiger partial charge in [-0.05, 0) is 27.7 Å². The average molecular weight is 726 g/mol. The summed E-state index contributed by atoms with van der Waals surface area (Å²) in [5.74, 6) is 0. The zero-order chi connectivity index (χ0) is 28.6. The van der Waals surface area contributed by atoms with E-state index >= 15 is 0 Å². The molecule has 0 aliphatic carbocycles. The maximum absolute atomic E-state index is 11.1. The van der Waals surface area contributed by atoms with Crippen molar-refractivity contribution in [2.75, 3.05) is 0 Å². The molecule has 0 bridgehead atoms. The predicted molar refractivity (Wildman–Crippen MR) is 84.4 cm³/mol. The fraction of sp³-hybridized carbons (Fsp3) is 0.625. The van der Waals surface area contributed by atoms with Crippen LogP contribution < -0.4 is 65.2 Å². The lowest BCUT2D eigenvalue weighted by atomic mass is 9.54. The van der Waals surface area contributed by atoms with Gasteiger partial charge in [0.15, 0.2) is 0 Å². The number of carbonyl (C=O) groups is 6. The normalized spacial score (nSPS) is 14.2. The van der Waals surface area contributed by atoms with Crippen LogP contribution in [0.25, 0.3) is 0 Å². The summed E-state index contributed by atoms with van der Waals surface area (Å²) in [5, 5.41) is 25.9. The zero-order valence-corrected chi connectivity index (χ0v) is 22.4. The predicted octanol–water partition coefficient (Wildman–Crippen LogP) is -16.0.